The summed E-state index contributed by atoms with van der Waals surface area (Å²) >= 11 is 0. The van der Waals surface area contributed by atoms with Gasteiger partial charge in [-0.3, -0.25) is 0 Å². The third-order valence-electron chi connectivity index (χ3n) is 4.92. The van der Waals surface area contributed by atoms with E-state index in [1.807, 2.05) is 30.3 Å². The molecule has 0 unspecified atom stereocenters. The van der Waals surface area contributed by atoms with E-state index < -0.39 is 11.6 Å². The Labute approximate surface area is 154 Å². The molecule has 0 bridgehead atoms. The number of nitrogens with one attached hydrogen (secondary N) is 1. The summed E-state index contributed by atoms with van der Waals surface area (Å²) in [5.74, 6) is 0.610. The van der Waals surface area contributed by atoms with Gasteiger partial charge in [-0.1, -0.05) is 18.2 Å². The van der Waals surface area contributed by atoms with Crippen molar-refractivity contribution >= 4 is 11.0 Å². The fourth-order valence-electron chi connectivity index (χ4n) is 3.63. The summed E-state index contributed by atoms with van der Waals surface area (Å²) in [7, 11) is 0. The summed E-state index contributed by atoms with van der Waals surface area (Å²) in [4.78, 5) is 7.24. The van der Waals surface area contributed by atoms with Crippen molar-refractivity contribution in [3.63, 3.8) is 0 Å². The Morgan fingerprint density at radius 2 is 1.74 bits per heavy atom. The first kappa shape index (κ1) is 16.0. The van der Waals surface area contributed by atoms with Gasteiger partial charge in [-0.25, -0.2) is 13.8 Å². The zero-order valence-electron chi connectivity index (χ0n) is 14.4. The number of fused-ring (bicyclic) bond motifs is 2. The number of hydrogen-bond donors (Lipinski definition) is 1. The van der Waals surface area contributed by atoms with Gasteiger partial charge in [-0.15, -0.1) is 0 Å². The van der Waals surface area contributed by atoms with Crippen LogP contribution in [0.25, 0.3) is 22.4 Å². The number of aromatic nitrogens is 2. The van der Waals surface area contributed by atoms with Gasteiger partial charge in [0.15, 0.2) is 5.82 Å². The standard InChI is InChI=1S/C22H16F2N2O/c23-16-11-19(24)21-20(12-16)25-22(26-21)15-5-2-6-17(10-15)27-18-8-7-13-3-1-4-14(13)9-18/h2,5-12H,1,3-4H2,(H,25,26). The Morgan fingerprint density at radius 3 is 2.67 bits per heavy atom. The molecule has 5 rings (SSSR count). The van der Waals surface area contributed by atoms with Crippen LogP contribution >= 0.6 is 0 Å². The van der Waals surface area contributed by atoms with Crippen LogP contribution in [0.5, 0.6) is 11.5 Å². The quantitative estimate of drug-likeness (QED) is 0.501. The molecule has 134 valence electrons. The van der Waals surface area contributed by atoms with Gasteiger partial charge in [0.2, 0.25) is 0 Å². The maximum absolute atomic E-state index is 13.9. The number of H-pyrrole nitrogens is 1. The molecule has 0 atom stereocenters. The first-order chi connectivity index (χ1) is 13.2. The maximum Gasteiger partial charge on any atom is 0.153 e. The Morgan fingerprint density at radius 1 is 0.889 bits per heavy atom. The molecule has 27 heavy (non-hydrogen) atoms. The largest absolute Gasteiger partial charge is 0.457 e. The van der Waals surface area contributed by atoms with Crippen molar-refractivity contribution in [2.45, 2.75) is 19.3 Å². The molecule has 0 fully saturated rings. The molecule has 1 aliphatic carbocycles. The van der Waals surface area contributed by atoms with Gasteiger partial charge in [-0.05, 0) is 60.7 Å². The van der Waals surface area contributed by atoms with Gasteiger partial charge in [0.1, 0.15) is 28.7 Å². The lowest BCUT2D eigenvalue weighted by atomic mass is 10.1. The number of nitrogens with zero attached hydrogens (tertiary/aromatic N) is 1. The highest BCUT2D eigenvalue weighted by Gasteiger charge is 2.13. The van der Waals surface area contributed by atoms with Crippen molar-refractivity contribution in [2.24, 2.45) is 0 Å². The molecule has 3 aromatic carbocycles. The van der Waals surface area contributed by atoms with Crippen LogP contribution in [0.1, 0.15) is 17.5 Å². The van der Waals surface area contributed by atoms with Crippen LogP contribution in [-0.4, -0.2) is 9.97 Å². The van der Waals surface area contributed by atoms with Crippen LogP contribution in [0.15, 0.2) is 54.6 Å². The fraction of sp³-hybridized carbons (Fsp3) is 0.136. The molecule has 0 spiro atoms. The number of rotatable bonds is 3. The maximum atomic E-state index is 13.9. The minimum atomic E-state index is -0.682. The van der Waals surface area contributed by atoms with Crippen molar-refractivity contribution in [3.8, 4) is 22.9 Å². The number of hydrogen-bond acceptors (Lipinski definition) is 2. The minimum absolute atomic E-state index is 0.122. The number of halogens is 2. The zero-order valence-corrected chi connectivity index (χ0v) is 14.4. The second-order valence-electron chi connectivity index (χ2n) is 6.78. The van der Waals surface area contributed by atoms with E-state index in [1.165, 1.54) is 23.6 Å². The normalized spacial score (nSPS) is 13.1. The van der Waals surface area contributed by atoms with Crippen LogP contribution in [0.2, 0.25) is 0 Å². The van der Waals surface area contributed by atoms with Crippen LogP contribution in [-0.2, 0) is 12.8 Å². The topological polar surface area (TPSA) is 37.9 Å². The molecule has 3 nitrogen and oxygen atoms in total. The molecule has 0 radical (unpaired) electrons. The van der Waals surface area contributed by atoms with Crippen molar-refractivity contribution in [3.05, 3.63) is 77.4 Å². The van der Waals surface area contributed by atoms with Crippen molar-refractivity contribution < 1.29 is 13.5 Å². The third-order valence-corrected chi connectivity index (χ3v) is 4.92. The lowest BCUT2D eigenvalue weighted by Crippen LogP contribution is -1.88. The number of aromatic amines is 1. The highest BCUT2D eigenvalue weighted by molar-refractivity contribution is 5.80. The van der Waals surface area contributed by atoms with E-state index in [0.29, 0.717) is 17.1 Å². The summed E-state index contributed by atoms with van der Waals surface area (Å²) in [6.45, 7) is 0. The smallest absolute Gasteiger partial charge is 0.153 e. The van der Waals surface area contributed by atoms with E-state index in [4.69, 9.17) is 4.74 Å². The Kier molecular flexibility index (Phi) is 3.67. The van der Waals surface area contributed by atoms with Gasteiger partial charge < -0.3 is 9.72 Å². The van der Waals surface area contributed by atoms with Gasteiger partial charge in [-0.2, -0.15) is 0 Å². The molecular weight excluding hydrogens is 346 g/mol. The number of aryl methyl sites for hydroxylation is 2. The van der Waals surface area contributed by atoms with Crippen LogP contribution in [0.4, 0.5) is 8.78 Å². The average Bonchev–Trinajstić information content (AvgIpc) is 3.28. The molecule has 0 saturated heterocycles. The highest BCUT2D eigenvalue weighted by Crippen LogP contribution is 2.31. The second kappa shape index (κ2) is 6.20. The lowest BCUT2D eigenvalue weighted by Gasteiger charge is -2.08. The number of imidazole rings is 1. The van der Waals surface area contributed by atoms with Crippen LogP contribution < -0.4 is 4.74 Å². The molecule has 5 heteroatoms. The number of benzene rings is 3. The molecule has 0 amide bonds. The SMILES string of the molecule is Fc1cc(F)c2nc(-c3cccc(Oc4ccc5c(c4)CCC5)c3)[nH]c2c1. The predicted octanol–water partition coefficient (Wildman–Crippen LogP) is 5.79. The van der Waals surface area contributed by atoms with E-state index >= 15 is 0 Å². The molecule has 0 saturated carbocycles. The van der Waals surface area contributed by atoms with Gasteiger partial charge in [0, 0.05) is 11.6 Å². The van der Waals surface area contributed by atoms with E-state index in [1.54, 1.807) is 0 Å². The summed E-state index contributed by atoms with van der Waals surface area (Å²) in [5.41, 5.74) is 3.93. The van der Waals surface area contributed by atoms with Gasteiger partial charge >= 0.3 is 0 Å². The number of ether oxygens (including phenoxy) is 1. The predicted molar refractivity (Wildman–Crippen MR) is 100.0 cm³/mol. The van der Waals surface area contributed by atoms with Gasteiger partial charge in [0.25, 0.3) is 0 Å². The lowest BCUT2D eigenvalue weighted by molar-refractivity contribution is 0.482. The van der Waals surface area contributed by atoms with Gasteiger partial charge in [0.05, 0.1) is 5.52 Å². The molecule has 1 aliphatic rings. The summed E-state index contributed by atoms with van der Waals surface area (Å²) in [6, 6.07) is 15.7. The summed E-state index contributed by atoms with van der Waals surface area (Å²) in [5, 5.41) is 0. The second-order valence-corrected chi connectivity index (χ2v) is 6.78. The van der Waals surface area contributed by atoms with Crippen molar-refractivity contribution in [1.29, 1.82) is 0 Å². The van der Waals surface area contributed by atoms with E-state index in [0.717, 1.165) is 30.2 Å². The third kappa shape index (κ3) is 2.95. The molecule has 1 aromatic heterocycles. The molecule has 1 N–H and O–H groups in total. The Hall–Kier alpha value is -3.21. The monoisotopic (exact) mass is 362 g/mol. The van der Waals surface area contributed by atoms with Crippen LogP contribution in [0, 0.1) is 11.6 Å². The van der Waals surface area contributed by atoms with E-state index in [2.05, 4.69) is 22.1 Å². The average molecular weight is 362 g/mol. The van der Waals surface area contributed by atoms with Crippen LogP contribution in [0.3, 0.4) is 0 Å². The van der Waals surface area contributed by atoms with Crippen molar-refractivity contribution in [2.75, 3.05) is 0 Å². The molecule has 0 aliphatic heterocycles. The zero-order chi connectivity index (χ0) is 18.4. The Bertz CT molecular complexity index is 1170. The Balaban J connectivity index is 1.48. The summed E-state index contributed by atoms with van der Waals surface area (Å²) in [6.07, 6.45) is 3.42. The minimum Gasteiger partial charge on any atom is -0.457 e. The molecule has 1 heterocycles. The first-order valence-electron chi connectivity index (χ1n) is 8.90. The van der Waals surface area contributed by atoms with E-state index in [9.17, 15) is 8.78 Å². The highest BCUT2D eigenvalue weighted by atomic mass is 19.1. The molecule has 4 aromatic rings. The first-order valence-corrected chi connectivity index (χ1v) is 8.90. The van der Waals surface area contributed by atoms with E-state index in [-0.39, 0.29) is 5.52 Å². The fourth-order valence-corrected chi connectivity index (χ4v) is 3.63. The van der Waals surface area contributed by atoms with Crippen molar-refractivity contribution in [1.82, 2.24) is 9.97 Å². The molecular formula is C22H16F2N2O. The summed E-state index contributed by atoms with van der Waals surface area (Å²) < 4.78 is 33.3.